The molecule has 0 aromatic rings. The molecule has 3 N–H and O–H groups in total. The fraction of sp³-hybridized carbons (Fsp3) is 0.750. The second-order valence-electron chi connectivity index (χ2n) is 3.72. The first-order valence-corrected chi connectivity index (χ1v) is 6.49. The Labute approximate surface area is 94.3 Å². The Kier molecular flexibility index (Phi) is 5.39. The van der Waals surface area contributed by atoms with Gasteiger partial charge in [0.25, 0.3) is 0 Å². The molecule has 0 heterocycles. The number of hydrogen-bond acceptors (Lipinski definition) is 4. The van der Waals surface area contributed by atoms with Crippen molar-refractivity contribution in [2.75, 3.05) is 12.8 Å². The molecule has 0 spiro atoms. The molecular formula is C8H16N2O5S. The normalized spacial score (nSPS) is 13.5. The summed E-state index contributed by atoms with van der Waals surface area (Å²) < 4.78 is 23.3. The average molecular weight is 252 g/mol. The third kappa shape index (κ3) is 6.36. The SMILES string of the molecule is CC(C)[C@H](NC(=O)CNS(C)(=O)=O)C(=O)O. The number of carbonyl (C=O) groups excluding carboxylic acids is 1. The number of sulfonamides is 1. The molecule has 0 aliphatic carbocycles. The molecule has 0 saturated heterocycles. The van der Waals surface area contributed by atoms with E-state index < -0.39 is 34.5 Å². The molecule has 8 heteroatoms. The number of amides is 1. The van der Waals surface area contributed by atoms with E-state index in [2.05, 4.69) is 5.32 Å². The average Bonchev–Trinajstić information content (AvgIpc) is 2.08. The summed E-state index contributed by atoms with van der Waals surface area (Å²) in [6, 6.07) is -1.02. The molecule has 7 nitrogen and oxygen atoms in total. The van der Waals surface area contributed by atoms with Crippen molar-refractivity contribution in [1.29, 1.82) is 0 Å². The number of aliphatic carboxylic acids is 1. The van der Waals surface area contributed by atoms with E-state index in [4.69, 9.17) is 5.11 Å². The lowest BCUT2D eigenvalue weighted by molar-refractivity contribution is -0.142. The number of hydrogen-bond donors (Lipinski definition) is 3. The van der Waals surface area contributed by atoms with Gasteiger partial charge in [-0.1, -0.05) is 13.8 Å². The number of rotatable bonds is 6. The minimum atomic E-state index is -3.45. The van der Waals surface area contributed by atoms with E-state index >= 15 is 0 Å². The van der Waals surface area contributed by atoms with E-state index in [1.165, 1.54) is 0 Å². The first-order chi connectivity index (χ1) is 7.13. The smallest absolute Gasteiger partial charge is 0.326 e. The Morgan fingerprint density at radius 2 is 1.81 bits per heavy atom. The van der Waals surface area contributed by atoms with Gasteiger partial charge in [-0.15, -0.1) is 0 Å². The number of carboxylic acids is 1. The van der Waals surface area contributed by atoms with Crippen LogP contribution in [0.2, 0.25) is 0 Å². The van der Waals surface area contributed by atoms with Crippen molar-refractivity contribution in [3.8, 4) is 0 Å². The number of carbonyl (C=O) groups is 2. The summed E-state index contributed by atoms with van der Waals surface area (Å²) in [4.78, 5) is 21.9. The Hall–Kier alpha value is -1.15. The van der Waals surface area contributed by atoms with Crippen LogP contribution in [0.15, 0.2) is 0 Å². The van der Waals surface area contributed by atoms with Gasteiger partial charge in [0.05, 0.1) is 12.8 Å². The molecule has 0 aliphatic rings. The maximum atomic E-state index is 11.2. The molecule has 0 aliphatic heterocycles. The lowest BCUT2D eigenvalue weighted by Crippen LogP contribution is -2.47. The predicted molar refractivity (Wildman–Crippen MR) is 57.3 cm³/mol. The highest BCUT2D eigenvalue weighted by Gasteiger charge is 2.23. The van der Waals surface area contributed by atoms with Crippen molar-refractivity contribution in [2.24, 2.45) is 5.92 Å². The molecule has 1 amide bonds. The van der Waals surface area contributed by atoms with Crippen LogP contribution < -0.4 is 10.0 Å². The largest absolute Gasteiger partial charge is 0.480 e. The van der Waals surface area contributed by atoms with Crippen molar-refractivity contribution < 1.29 is 23.1 Å². The second-order valence-corrected chi connectivity index (χ2v) is 5.55. The van der Waals surface area contributed by atoms with Gasteiger partial charge in [-0.25, -0.2) is 17.9 Å². The van der Waals surface area contributed by atoms with E-state index in [-0.39, 0.29) is 5.92 Å². The van der Waals surface area contributed by atoms with Crippen LogP contribution in [0, 0.1) is 5.92 Å². The topological polar surface area (TPSA) is 113 Å². The Balaban J connectivity index is 4.27. The minimum absolute atomic E-state index is 0.278. The summed E-state index contributed by atoms with van der Waals surface area (Å²) in [7, 11) is -3.45. The van der Waals surface area contributed by atoms with Crippen molar-refractivity contribution in [2.45, 2.75) is 19.9 Å². The fourth-order valence-electron chi connectivity index (χ4n) is 0.935. The molecular weight excluding hydrogens is 236 g/mol. The van der Waals surface area contributed by atoms with Crippen LogP contribution in [0.5, 0.6) is 0 Å². The van der Waals surface area contributed by atoms with E-state index in [1.54, 1.807) is 13.8 Å². The van der Waals surface area contributed by atoms with Gasteiger partial charge < -0.3 is 10.4 Å². The molecule has 0 fully saturated rings. The summed E-state index contributed by atoms with van der Waals surface area (Å²) in [5.74, 6) is -2.10. The summed E-state index contributed by atoms with van der Waals surface area (Å²) in [6.45, 7) is 2.82. The molecule has 0 bridgehead atoms. The minimum Gasteiger partial charge on any atom is -0.480 e. The van der Waals surface area contributed by atoms with Gasteiger partial charge in [0.2, 0.25) is 15.9 Å². The van der Waals surface area contributed by atoms with Crippen LogP contribution >= 0.6 is 0 Å². The van der Waals surface area contributed by atoms with Crippen LogP contribution in [0.25, 0.3) is 0 Å². The third-order valence-electron chi connectivity index (χ3n) is 1.74. The lowest BCUT2D eigenvalue weighted by Gasteiger charge is -2.17. The second kappa shape index (κ2) is 5.80. The summed E-state index contributed by atoms with van der Waals surface area (Å²) in [5.41, 5.74) is 0. The Morgan fingerprint density at radius 1 is 1.31 bits per heavy atom. The molecule has 16 heavy (non-hydrogen) atoms. The van der Waals surface area contributed by atoms with Crippen LogP contribution in [0.1, 0.15) is 13.8 Å². The number of nitrogens with one attached hydrogen (secondary N) is 2. The van der Waals surface area contributed by atoms with Crippen LogP contribution in [-0.2, 0) is 19.6 Å². The zero-order chi connectivity index (χ0) is 12.9. The van der Waals surface area contributed by atoms with Crippen LogP contribution in [-0.4, -0.2) is 44.2 Å². The van der Waals surface area contributed by atoms with Gasteiger partial charge in [-0.3, -0.25) is 4.79 Å². The predicted octanol–water partition coefficient (Wildman–Crippen LogP) is -1.24. The number of carboxylic acid groups (broad SMARTS) is 1. The van der Waals surface area contributed by atoms with Crippen molar-refractivity contribution in [3.05, 3.63) is 0 Å². The summed E-state index contributed by atoms with van der Waals surface area (Å²) >= 11 is 0. The zero-order valence-electron chi connectivity index (χ0n) is 9.35. The van der Waals surface area contributed by atoms with Gasteiger partial charge in [-0.2, -0.15) is 0 Å². The highest BCUT2D eigenvalue weighted by Crippen LogP contribution is 2.01. The van der Waals surface area contributed by atoms with Gasteiger partial charge in [0.15, 0.2) is 0 Å². The van der Waals surface area contributed by atoms with Gasteiger partial charge >= 0.3 is 5.97 Å². The van der Waals surface area contributed by atoms with Crippen molar-refractivity contribution in [3.63, 3.8) is 0 Å². The highest BCUT2D eigenvalue weighted by molar-refractivity contribution is 7.88. The molecule has 0 aromatic carbocycles. The molecule has 0 aromatic heterocycles. The van der Waals surface area contributed by atoms with Gasteiger partial charge in [0.1, 0.15) is 6.04 Å². The molecule has 1 atom stereocenters. The van der Waals surface area contributed by atoms with E-state index in [9.17, 15) is 18.0 Å². The maximum absolute atomic E-state index is 11.2. The van der Waals surface area contributed by atoms with E-state index in [1.807, 2.05) is 4.72 Å². The molecule has 0 saturated carbocycles. The molecule has 0 rings (SSSR count). The van der Waals surface area contributed by atoms with Crippen molar-refractivity contribution >= 4 is 21.9 Å². The maximum Gasteiger partial charge on any atom is 0.326 e. The quantitative estimate of drug-likeness (QED) is 0.547. The molecule has 0 radical (unpaired) electrons. The molecule has 0 unspecified atom stereocenters. The monoisotopic (exact) mass is 252 g/mol. The molecule has 94 valence electrons. The van der Waals surface area contributed by atoms with Crippen LogP contribution in [0.3, 0.4) is 0 Å². The van der Waals surface area contributed by atoms with Crippen LogP contribution in [0.4, 0.5) is 0 Å². The zero-order valence-corrected chi connectivity index (χ0v) is 10.2. The first-order valence-electron chi connectivity index (χ1n) is 4.60. The third-order valence-corrected chi connectivity index (χ3v) is 2.41. The van der Waals surface area contributed by atoms with Gasteiger partial charge in [-0.05, 0) is 5.92 Å². The first kappa shape index (κ1) is 14.8. The summed E-state index contributed by atoms with van der Waals surface area (Å²) in [5, 5.41) is 11.0. The van der Waals surface area contributed by atoms with Gasteiger partial charge in [0, 0.05) is 0 Å². The Morgan fingerprint density at radius 3 is 2.12 bits per heavy atom. The summed E-state index contributed by atoms with van der Waals surface area (Å²) in [6.07, 6.45) is 0.914. The fourth-order valence-corrected chi connectivity index (χ4v) is 1.33. The lowest BCUT2D eigenvalue weighted by atomic mass is 10.1. The van der Waals surface area contributed by atoms with Crippen molar-refractivity contribution in [1.82, 2.24) is 10.0 Å². The van der Waals surface area contributed by atoms with E-state index in [0.29, 0.717) is 0 Å². The highest BCUT2D eigenvalue weighted by atomic mass is 32.2. The Bertz CT molecular complexity index is 363. The van der Waals surface area contributed by atoms with E-state index in [0.717, 1.165) is 6.26 Å². The standard InChI is InChI=1S/C8H16N2O5S/c1-5(2)7(8(12)13)10-6(11)4-9-16(3,14)15/h5,7,9H,4H2,1-3H3,(H,10,11)(H,12,13)/t7-/m0/s1.